The van der Waals surface area contributed by atoms with Gasteiger partial charge >= 0.3 is 0 Å². The Bertz CT molecular complexity index is 997. The van der Waals surface area contributed by atoms with Gasteiger partial charge < -0.3 is 15.0 Å². The molecule has 1 fully saturated rings. The Morgan fingerprint density at radius 2 is 2.10 bits per heavy atom. The number of aryl methyl sites for hydroxylation is 1. The molecule has 3 aromatic rings. The lowest BCUT2D eigenvalue weighted by Gasteiger charge is -2.35. The molecule has 0 radical (unpaired) electrons. The van der Waals surface area contributed by atoms with Crippen LogP contribution in [0, 0.1) is 6.92 Å². The second kappa shape index (κ2) is 7.93. The predicted octanol–water partition coefficient (Wildman–Crippen LogP) is 1.86. The van der Waals surface area contributed by atoms with Crippen molar-refractivity contribution in [3.8, 4) is 0 Å². The molecule has 0 spiro atoms. The molecule has 0 bridgehead atoms. The van der Waals surface area contributed by atoms with Crippen molar-refractivity contribution in [2.75, 3.05) is 19.6 Å². The van der Waals surface area contributed by atoms with Crippen molar-refractivity contribution in [1.29, 1.82) is 0 Å². The summed E-state index contributed by atoms with van der Waals surface area (Å²) in [5.74, 6) is 0.827. The van der Waals surface area contributed by atoms with Crippen molar-refractivity contribution in [2.45, 2.75) is 38.9 Å². The number of piperazine rings is 1. The van der Waals surface area contributed by atoms with Crippen molar-refractivity contribution in [1.82, 2.24) is 29.9 Å². The third-order valence-electron chi connectivity index (χ3n) is 5.51. The van der Waals surface area contributed by atoms with Crippen molar-refractivity contribution in [2.24, 2.45) is 0 Å². The standard InChI is InChI=1S/C22H28N6O/c1-16-5-4-11-28-19(16)13-25-21(28)22(2,3)26-20(29)18-15-27(12-10-24-18)14-17-6-8-23-9-7-17/h4-9,11,13,18,24H,10,12,14-15H2,1-3H3,(H,26,29)/t18-/m0/s1. The molecule has 0 saturated carbocycles. The third kappa shape index (κ3) is 4.16. The molecule has 3 aromatic heterocycles. The van der Waals surface area contributed by atoms with Crippen molar-refractivity contribution >= 4 is 11.4 Å². The minimum atomic E-state index is -0.591. The number of amides is 1. The van der Waals surface area contributed by atoms with Gasteiger partial charge in [0.05, 0.1) is 23.3 Å². The maximum absolute atomic E-state index is 13.1. The number of carbonyl (C=O) groups is 1. The molecule has 4 rings (SSSR count). The summed E-state index contributed by atoms with van der Waals surface area (Å²) in [7, 11) is 0. The topological polar surface area (TPSA) is 74.6 Å². The first-order chi connectivity index (χ1) is 13.9. The summed E-state index contributed by atoms with van der Waals surface area (Å²) >= 11 is 0. The van der Waals surface area contributed by atoms with E-state index >= 15 is 0 Å². The minimum absolute atomic E-state index is 0.00108. The van der Waals surface area contributed by atoms with E-state index in [4.69, 9.17) is 0 Å². The number of hydrogen-bond acceptors (Lipinski definition) is 5. The minimum Gasteiger partial charge on any atom is -0.343 e. The van der Waals surface area contributed by atoms with Gasteiger partial charge in [-0.25, -0.2) is 4.98 Å². The molecule has 1 amide bonds. The smallest absolute Gasteiger partial charge is 0.239 e. The fourth-order valence-electron chi connectivity index (χ4n) is 3.95. The molecular weight excluding hydrogens is 364 g/mol. The van der Waals surface area contributed by atoms with Gasteiger partial charge in [-0.1, -0.05) is 6.07 Å². The number of fused-ring (bicyclic) bond motifs is 1. The number of pyridine rings is 2. The zero-order valence-corrected chi connectivity index (χ0v) is 17.2. The van der Waals surface area contributed by atoms with Gasteiger partial charge in [0.25, 0.3) is 0 Å². The quantitative estimate of drug-likeness (QED) is 0.693. The first kappa shape index (κ1) is 19.5. The molecular formula is C22H28N6O. The van der Waals surface area contributed by atoms with E-state index < -0.39 is 5.54 Å². The summed E-state index contributed by atoms with van der Waals surface area (Å²) in [4.78, 5) is 24.0. The number of nitrogens with one attached hydrogen (secondary N) is 2. The van der Waals surface area contributed by atoms with Gasteiger partial charge in [0.2, 0.25) is 5.91 Å². The van der Waals surface area contributed by atoms with Gasteiger partial charge in [-0.2, -0.15) is 0 Å². The second-order valence-electron chi connectivity index (χ2n) is 8.24. The van der Waals surface area contributed by atoms with Gasteiger partial charge in [-0.3, -0.25) is 14.7 Å². The molecule has 0 aromatic carbocycles. The van der Waals surface area contributed by atoms with Crippen LogP contribution in [-0.4, -0.2) is 50.9 Å². The molecule has 29 heavy (non-hydrogen) atoms. The van der Waals surface area contributed by atoms with Crippen LogP contribution in [0.4, 0.5) is 0 Å². The number of hydrogen-bond donors (Lipinski definition) is 2. The average Bonchev–Trinajstić information content (AvgIpc) is 3.15. The lowest BCUT2D eigenvalue weighted by molar-refractivity contribution is -0.126. The van der Waals surface area contributed by atoms with Crippen LogP contribution in [0.3, 0.4) is 0 Å². The predicted molar refractivity (Wildman–Crippen MR) is 112 cm³/mol. The summed E-state index contributed by atoms with van der Waals surface area (Å²) in [5, 5.41) is 6.56. The van der Waals surface area contributed by atoms with Crippen LogP contribution in [0.15, 0.2) is 49.1 Å². The summed E-state index contributed by atoms with van der Waals surface area (Å²) in [5.41, 5.74) is 2.84. The van der Waals surface area contributed by atoms with Gasteiger partial charge in [0, 0.05) is 44.8 Å². The zero-order valence-electron chi connectivity index (χ0n) is 17.2. The molecule has 1 atom stereocenters. The van der Waals surface area contributed by atoms with Gasteiger partial charge in [-0.15, -0.1) is 0 Å². The summed E-state index contributed by atoms with van der Waals surface area (Å²) in [6.45, 7) is 9.26. The molecule has 2 N–H and O–H groups in total. The zero-order chi connectivity index (χ0) is 20.4. The van der Waals surface area contributed by atoms with Crippen molar-refractivity contribution in [3.63, 3.8) is 0 Å². The molecule has 152 valence electrons. The van der Waals surface area contributed by atoms with Crippen LogP contribution in [0.1, 0.15) is 30.8 Å². The van der Waals surface area contributed by atoms with Crippen LogP contribution in [0.2, 0.25) is 0 Å². The fourth-order valence-corrected chi connectivity index (χ4v) is 3.95. The molecule has 0 unspecified atom stereocenters. The number of aromatic nitrogens is 3. The van der Waals surface area contributed by atoms with E-state index in [0.29, 0.717) is 6.54 Å². The molecule has 4 heterocycles. The van der Waals surface area contributed by atoms with Crippen LogP contribution < -0.4 is 10.6 Å². The Morgan fingerprint density at radius 3 is 2.90 bits per heavy atom. The van der Waals surface area contributed by atoms with Gasteiger partial charge in [0.15, 0.2) is 0 Å². The van der Waals surface area contributed by atoms with E-state index in [2.05, 4.69) is 42.9 Å². The Hall–Kier alpha value is -2.77. The molecule has 7 heteroatoms. The van der Waals surface area contributed by atoms with E-state index in [1.54, 1.807) is 12.4 Å². The highest BCUT2D eigenvalue weighted by atomic mass is 16.2. The normalized spacial score (nSPS) is 18.1. The summed E-state index contributed by atoms with van der Waals surface area (Å²) < 4.78 is 2.06. The van der Waals surface area contributed by atoms with Crippen LogP contribution in [0.5, 0.6) is 0 Å². The van der Waals surface area contributed by atoms with E-state index in [9.17, 15) is 4.79 Å². The van der Waals surface area contributed by atoms with Gasteiger partial charge in [0.1, 0.15) is 5.82 Å². The molecule has 0 aliphatic carbocycles. The van der Waals surface area contributed by atoms with E-state index in [1.807, 2.05) is 44.4 Å². The Labute approximate surface area is 171 Å². The molecule has 7 nitrogen and oxygen atoms in total. The Morgan fingerprint density at radius 1 is 1.31 bits per heavy atom. The van der Waals surface area contributed by atoms with Crippen molar-refractivity contribution in [3.05, 3.63) is 66.0 Å². The number of carbonyl (C=O) groups excluding carboxylic acids is 1. The number of rotatable bonds is 5. The highest BCUT2D eigenvalue weighted by molar-refractivity contribution is 5.83. The Kier molecular flexibility index (Phi) is 5.34. The average molecular weight is 393 g/mol. The van der Waals surface area contributed by atoms with E-state index in [1.165, 1.54) is 5.56 Å². The number of imidazole rings is 1. The van der Waals surface area contributed by atoms with Crippen LogP contribution in [-0.2, 0) is 16.9 Å². The maximum atomic E-state index is 13.1. The first-order valence-corrected chi connectivity index (χ1v) is 10.0. The van der Waals surface area contributed by atoms with Crippen LogP contribution in [0.25, 0.3) is 5.52 Å². The van der Waals surface area contributed by atoms with E-state index in [0.717, 1.165) is 36.5 Å². The largest absolute Gasteiger partial charge is 0.343 e. The van der Waals surface area contributed by atoms with Gasteiger partial charge in [-0.05, 0) is 50.1 Å². The molecule has 1 aliphatic heterocycles. The summed E-state index contributed by atoms with van der Waals surface area (Å²) in [6.07, 6.45) is 7.48. The van der Waals surface area contributed by atoms with Crippen molar-refractivity contribution < 1.29 is 4.79 Å². The first-order valence-electron chi connectivity index (χ1n) is 10.0. The highest BCUT2D eigenvalue weighted by Gasteiger charge is 2.32. The Balaban J connectivity index is 1.45. The highest BCUT2D eigenvalue weighted by Crippen LogP contribution is 2.22. The fraction of sp³-hybridized carbons (Fsp3) is 0.409. The summed E-state index contributed by atoms with van der Waals surface area (Å²) in [6, 6.07) is 7.86. The van der Waals surface area contributed by atoms with E-state index in [-0.39, 0.29) is 11.9 Å². The maximum Gasteiger partial charge on any atom is 0.239 e. The third-order valence-corrected chi connectivity index (χ3v) is 5.51. The van der Waals surface area contributed by atoms with Crippen LogP contribution >= 0.6 is 0 Å². The lowest BCUT2D eigenvalue weighted by Crippen LogP contribution is -2.59. The SMILES string of the molecule is Cc1cccn2c(C(C)(C)NC(=O)[C@@H]3CN(Cc4ccncc4)CCN3)ncc12. The molecule has 1 aliphatic rings. The number of nitrogens with zero attached hydrogens (tertiary/aromatic N) is 4. The lowest BCUT2D eigenvalue weighted by atomic mass is 10.0. The molecule has 1 saturated heterocycles. The monoisotopic (exact) mass is 392 g/mol. The second-order valence-corrected chi connectivity index (χ2v) is 8.24.